The molecule has 1 aromatic carbocycles. The molecule has 9 nitrogen and oxygen atoms in total. The van der Waals surface area contributed by atoms with E-state index in [2.05, 4.69) is 9.59 Å². The largest absolute Gasteiger partial charge is 0.617 e. The van der Waals surface area contributed by atoms with Crippen LogP contribution in [0.2, 0.25) is 0 Å². The summed E-state index contributed by atoms with van der Waals surface area (Å²) in [7, 11) is 0. The summed E-state index contributed by atoms with van der Waals surface area (Å²) in [4.78, 5) is 10.2. The van der Waals surface area contributed by atoms with Crippen LogP contribution in [0.4, 0.5) is 10.1 Å². The van der Waals surface area contributed by atoms with Gasteiger partial charge in [-0.3, -0.25) is 10.1 Å². The number of nitro groups is 1. The van der Waals surface area contributed by atoms with Crippen LogP contribution >= 0.6 is 11.5 Å². The third-order valence-corrected chi connectivity index (χ3v) is 3.93. The molecule has 0 bridgehead atoms. The highest BCUT2D eigenvalue weighted by molar-refractivity contribution is 7.09. The van der Waals surface area contributed by atoms with E-state index < -0.39 is 28.1 Å². The minimum absolute atomic E-state index is 0.0234. The van der Waals surface area contributed by atoms with E-state index in [9.17, 15) is 29.9 Å². The van der Waals surface area contributed by atoms with Gasteiger partial charge < -0.3 is 15.4 Å². The third-order valence-electron chi connectivity index (χ3n) is 3.17. The molecule has 0 unspecified atom stereocenters. The van der Waals surface area contributed by atoms with Gasteiger partial charge in [-0.1, -0.05) is 4.49 Å². The van der Waals surface area contributed by atoms with E-state index >= 15 is 0 Å². The monoisotopic (exact) mass is 350 g/mol. The quantitative estimate of drug-likeness (QED) is 0.184. The fourth-order valence-electron chi connectivity index (χ4n) is 2.08. The Morgan fingerprint density at radius 1 is 1.33 bits per heavy atom. The van der Waals surface area contributed by atoms with Gasteiger partial charge in [0, 0.05) is 17.7 Å². The Hall–Kier alpha value is -3.34. The Kier molecular flexibility index (Phi) is 3.69. The van der Waals surface area contributed by atoms with Crippen LogP contribution in [0.25, 0.3) is 21.7 Å². The maximum Gasteiger partial charge on any atom is 0.379 e. The lowest BCUT2D eigenvalue weighted by atomic mass is 10.1. The molecule has 0 spiro atoms. The van der Waals surface area contributed by atoms with Crippen molar-refractivity contribution in [3.05, 3.63) is 51.7 Å². The molecule has 3 rings (SSSR count). The Morgan fingerprint density at radius 3 is 2.79 bits per heavy atom. The van der Waals surface area contributed by atoms with Crippen LogP contribution in [0.3, 0.4) is 0 Å². The Balaban J connectivity index is 2.22. The molecule has 24 heavy (non-hydrogen) atoms. The topological polar surface area (TPSA) is 136 Å². The van der Waals surface area contributed by atoms with Crippen molar-refractivity contribution in [2.75, 3.05) is 0 Å². The second-order valence-electron chi connectivity index (χ2n) is 4.61. The van der Waals surface area contributed by atoms with E-state index in [0.717, 1.165) is 29.9 Å². The zero-order chi connectivity index (χ0) is 17.4. The van der Waals surface area contributed by atoms with Crippen molar-refractivity contribution < 1.29 is 24.3 Å². The summed E-state index contributed by atoms with van der Waals surface area (Å²) in [5, 5.41) is 45.3. The number of phenols is 2. The smallest absolute Gasteiger partial charge is 0.379 e. The number of nitrogens with zero attached hydrogens (tertiary/aromatic N) is 4. The van der Waals surface area contributed by atoms with Gasteiger partial charge >= 0.3 is 11.6 Å². The molecular weight excluding hydrogens is 343 g/mol. The van der Waals surface area contributed by atoms with Crippen LogP contribution in [0.5, 0.6) is 11.5 Å². The Bertz CT molecular complexity index is 962. The third kappa shape index (κ3) is 2.46. The molecular formula is C13H7FN4O5S. The van der Waals surface area contributed by atoms with Crippen LogP contribution in [-0.4, -0.2) is 24.7 Å². The van der Waals surface area contributed by atoms with Gasteiger partial charge in [0.1, 0.15) is 11.3 Å². The molecule has 0 aliphatic heterocycles. The van der Waals surface area contributed by atoms with Gasteiger partial charge in [-0.15, -0.1) is 14.2 Å². The van der Waals surface area contributed by atoms with E-state index in [1.165, 1.54) is 12.1 Å². The maximum absolute atomic E-state index is 14.0. The summed E-state index contributed by atoms with van der Waals surface area (Å²) >= 11 is 0.777. The number of benzene rings is 1. The molecule has 11 heteroatoms. The first kappa shape index (κ1) is 15.6. The molecule has 0 saturated carbocycles. The maximum atomic E-state index is 14.0. The summed E-state index contributed by atoms with van der Waals surface area (Å²) < 4.78 is 17.7. The predicted molar refractivity (Wildman–Crippen MR) is 79.7 cm³/mol. The standard InChI is InChI=1S/C13H7FN4O5S/c14-13-7(2-1-3-17(13)21)12-10(15-16-24-12)6-4-8(18(22)23)11(20)9(19)5-6/h1-5,19-20H. The highest BCUT2D eigenvalue weighted by atomic mass is 32.1. The summed E-state index contributed by atoms with van der Waals surface area (Å²) in [6, 6.07) is 4.67. The number of rotatable bonds is 3. The fraction of sp³-hybridized carbons (Fsp3) is 0. The van der Waals surface area contributed by atoms with Crippen molar-refractivity contribution in [1.82, 2.24) is 9.59 Å². The Labute approximate surface area is 136 Å². The van der Waals surface area contributed by atoms with Crippen molar-refractivity contribution in [1.29, 1.82) is 0 Å². The number of phenolic OH excluding ortho intramolecular Hbond substituents is 2. The lowest BCUT2D eigenvalue weighted by Gasteiger charge is -2.05. The second kappa shape index (κ2) is 5.70. The molecule has 2 heterocycles. The first-order valence-corrected chi connectivity index (χ1v) is 7.08. The number of pyridine rings is 1. The molecule has 0 aliphatic rings. The van der Waals surface area contributed by atoms with Crippen LogP contribution in [0.15, 0.2) is 30.5 Å². The van der Waals surface area contributed by atoms with Crippen molar-refractivity contribution in [2.45, 2.75) is 0 Å². The number of hydrogen-bond acceptors (Lipinski definition) is 8. The van der Waals surface area contributed by atoms with Gasteiger partial charge in [0.05, 0.1) is 9.80 Å². The fourth-order valence-corrected chi connectivity index (χ4v) is 2.78. The molecule has 0 amide bonds. The second-order valence-corrected chi connectivity index (χ2v) is 5.36. The van der Waals surface area contributed by atoms with Crippen LogP contribution in [-0.2, 0) is 0 Å². The van der Waals surface area contributed by atoms with Crippen LogP contribution < -0.4 is 4.73 Å². The van der Waals surface area contributed by atoms with Crippen molar-refractivity contribution >= 4 is 17.2 Å². The van der Waals surface area contributed by atoms with Crippen molar-refractivity contribution in [2.24, 2.45) is 0 Å². The Morgan fingerprint density at radius 2 is 2.08 bits per heavy atom. The number of nitro benzene ring substituents is 1. The average Bonchev–Trinajstić information content (AvgIpc) is 3.01. The molecule has 122 valence electrons. The first-order chi connectivity index (χ1) is 11.4. The van der Waals surface area contributed by atoms with Gasteiger partial charge in [0.15, 0.2) is 11.9 Å². The minimum Gasteiger partial charge on any atom is -0.617 e. The van der Waals surface area contributed by atoms with E-state index in [0.29, 0.717) is 0 Å². The van der Waals surface area contributed by atoms with Gasteiger partial charge in [-0.2, -0.15) is 0 Å². The molecule has 2 aromatic heterocycles. The van der Waals surface area contributed by atoms with Gasteiger partial charge in [0.25, 0.3) is 0 Å². The summed E-state index contributed by atoms with van der Waals surface area (Å²) in [6.45, 7) is 0. The predicted octanol–water partition coefficient (Wildman–Crippen LogP) is 1.96. The lowest BCUT2D eigenvalue weighted by molar-refractivity contribution is -0.636. The molecule has 0 saturated heterocycles. The highest BCUT2D eigenvalue weighted by Crippen LogP contribution is 2.42. The number of hydrogen-bond donors (Lipinski definition) is 2. The van der Waals surface area contributed by atoms with Crippen LogP contribution in [0.1, 0.15) is 0 Å². The lowest BCUT2D eigenvalue weighted by Crippen LogP contribution is -2.30. The molecule has 0 aliphatic carbocycles. The van der Waals surface area contributed by atoms with Crippen molar-refractivity contribution in [3.8, 4) is 33.2 Å². The molecule has 2 N–H and O–H groups in total. The van der Waals surface area contributed by atoms with Gasteiger partial charge in [-0.25, -0.2) is 0 Å². The van der Waals surface area contributed by atoms with Crippen molar-refractivity contribution in [3.63, 3.8) is 0 Å². The van der Waals surface area contributed by atoms with E-state index in [-0.39, 0.29) is 26.4 Å². The van der Waals surface area contributed by atoms with E-state index in [1.807, 2.05) is 0 Å². The number of aromatic hydroxyl groups is 2. The van der Waals surface area contributed by atoms with Gasteiger partial charge in [0.2, 0.25) is 5.75 Å². The van der Waals surface area contributed by atoms with Gasteiger partial charge in [-0.05, 0) is 23.7 Å². The molecule has 0 radical (unpaired) electrons. The molecule has 3 aromatic rings. The SMILES string of the molecule is O=[N+]([O-])c1cc(-c2nnsc2-c2ccc[n+]([O-])c2F)cc(O)c1O. The first-order valence-electron chi connectivity index (χ1n) is 6.31. The minimum atomic E-state index is -1.08. The average molecular weight is 350 g/mol. The number of aromatic nitrogens is 3. The van der Waals surface area contributed by atoms with E-state index in [4.69, 9.17) is 0 Å². The molecule has 0 atom stereocenters. The van der Waals surface area contributed by atoms with Crippen LogP contribution in [0, 0.1) is 21.3 Å². The summed E-state index contributed by atoms with van der Waals surface area (Å²) in [5.41, 5.74) is -0.756. The zero-order valence-corrected chi connectivity index (χ0v) is 12.4. The highest BCUT2D eigenvalue weighted by Gasteiger charge is 2.25. The number of halogens is 1. The zero-order valence-electron chi connectivity index (χ0n) is 11.6. The summed E-state index contributed by atoms with van der Waals surface area (Å²) in [5.74, 6) is -2.70. The van der Waals surface area contributed by atoms with E-state index in [1.54, 1.807) is 0 Å². The normalized spacial score (nSPS) is 10.7. The summed E-state index contributed by atoms with van der Waals surface area (Å²) in [6.07, 6.45) is 0.976. The molecule has 0 fully saturated rings.